The van der Waals surface area contributed by atoms with Gasteiger partial charge in [-0.25, -0.2) is 0 Å². The van der Waals surface area contributed by atoms with Crippen molar-refractivity contribution < 1.29 is 14.7 Å². The van der Waals surface area contributed by atoms with E-state index in [1.807, 2.05) is 12.1 Å². The van der Waals surface area contributed by atoms with Gasteiger partial charge in [-0.3, -0.25) is 4.79 Å². The number of aliphatic carboxylic acids is 1. The average molecular weight is 427 g/mol. The third kappa shape index (κ3) is 4.14. The minimum Gasteiger partial charge on any atom is -0.550 e. The average Bonchev–Trinajstić information content (AvgIpc) is 3.20. The van der Waals surface area contributed by atoms with Gasteiger partial charge in [0.2, 0.25) is 0 Å². The Kier molecular flexibility index (Phi) is 5.69. The number of carbonyl (C=O) groups excluding carboxylic acids is 2. The molecule has 0 fully saturated rings. The fourth-order valence-electron chi connectivity index (χ4n) is 5.30. The van der Waals surface area contributed by atoms with Crippen LogP contribution >= 0.6 is 0 Å². The van der Waals surface area contributed by atoms with E-state index in [-0.39, 0.29) is 18.7 Å². The maximum absolute atomic E-state index is 13.0. The molecule has 0 saturated heterocycles. The van der Waals surface area contributed by atoms with E-state index >= 15 is 0 Å². The molecular weight excluding hydrogens is 398 g/mol. The first kappa shape index (κ1) is 20.7. The van der Waals surface area contributed by atoms with Gasteiger partial charge in [0, 0.05) is 17.2 Å². The van der Waals surface area contributed by atoms with E-state index in [9.17, 15) is 14.7 Å². The van der Waals surface area contributed by atoms with Crippen molar-refractivity contribution in [1.29, 1.82) is 0 Å². The van der Waals surface area contributed by atoms with Gasteiger partial charge in [0.1, 0.15) is 0 Å². The van der Waals surface area contributed by atoms with E-state index in [4.69, 9.17) is 0 Å². The van der Waals surface area contributed by atoms with Crippen molar-refractivity contribution in [2.75, 3.05) is 0 Å². The largest absolute Gasteiger partial charge is 0.550 e. The van der Waals surface area contributed by atoms with Gasteiger partial charge in [-0.2, -0.15) is 0 Å². The molecule has 2 aromatic carbocycles. The molecule has 4 nitrogen and oxygen atoms in total. The molecule has 0 aromatic heterocycles. The maximum Gasteiger partial charge on any atom is 0.256 e. The maximum atomic E-state index is 13.0. The fraction of sp³-hybridized carbons (Fsp3) is 0.357. The van der Waals surface area contributed by atoms with Crippen molar-refractivity contribution in [1.82, 2.24) is 5.32 Å². The van der Waals surface area contributed by atoms with Crippen LogP contribution in [-0.2, 0) is 35.3 Å². The summed E-state index contributed by atoms with van der Waals surface area (Å²) < 4.78 is 0. The Morgan fingerprint density at radius 1 is 0.812 bits per heavy atom. The van der Waals surface area contributed by atoms with E-state index in [0.29, 0.717) is 5.57 Å². The summed E-state index contributed by atoms with van der Waals surface area (Å²) in [5.41, 5.74) is 9.56. The number of amides is 1. The molecule has 2 aliphatic carbocycles. The van der Waals surface area contributed by atoms with Gasteiger partial charge < -0.3 is 15.2 Å². The van der Waals surface area contributed by atoms with Gasteiger partial charge in [-0.05, 0) is 115 Å². The number of carboxylic acid groups (broad SMARTS) is 1. The van der Waals surface area contributed by atoms with Crippen molar-refractivity contribution >= 4 is 23.1 Å². The molecule has 1 aliphatic heterocycles. The lowest BCUT2D eigenvalue weighted by molar-refractivity contribution is -0.305. The van der Waals surface area contributed by atoms with Crippen LogP contribution in [0.4, 0.5) is 0 Å². The molecule has 4 heteroatoms. The third-order valence-electron chi connectivity index (χ3n) is 7.04. The van der Waals surface area contributed by atoms with Crippen molar-refractivity contribution in [3.05, 3.63) is 81.4 Å². The number of carboxylic acids is 1. The molecule has 0 bridgehead atoms. The van der Waals surface area contributed by atoms with E-state index in [1.54, 1.807) is 0 Å². The first-order valence-corrected chi connectivity index (χ1v) is 11.8. The fourth-order valence-corrected chi connectivity index (χ4v) is 5.30. The molecule has 0 unspecified atom stereocenters. The highest BCUT2D eigenvalue weighted by molar-refractivity contribution is 6.13. The second-order valence-electron chi connectivity index (χ2n) is 9.16. The molecule has 1 amide bonds. The lowest BCUT2D eigenvalue weighted by atomic mass is 9.87. The minimum absolute atomic E-state index is 0.106. The second-order valence-corrected chi connectivity index (χ2v) is 9.16. The number of aryl methyl sites for hydroxylation is 4. The number of allylic oxidation sites excluding steroid dienone is 1. The van der Waals surface area contributed by atoms with Crippen molar-refractivity contribution in [2.45, 2.75) is 64.2 Å². The number of benzene rings is 2. The molecule has 2 aromatic rings. The van der Waals surface area contributed by atoms with Gasteiger partial charge in [-0.15, -0.1) is 0 Å². The number of rotatable bonds is 5. The van der Waals surface area contributed by atoms with Gasteiger partial charge in [-0.1, -0.05) is 30.3 Å². The van der Waals surface area contributed by atoms with E-state index in [2.05, 4.69) is 35.6 Å². The molecule has 0 saturated carbocycles. The van der Waals surface area contributed by atoms with Crippen LogP contribution in [-0.4, -0.2) is 11.9 Å². The summed E-state index contributed by atoms with van der Waals surface area (Å²) >= 11 is 0. The van der Waals surface area contributed by atoms with Gasteiger partial charge >= 0.3 is 0 Å². The van der Waals surface area contributed by atoms with Crippen LogP contribution in [0.5, 0.6) is 0 Å². The zero-order chi connectivity index (χ0) is 22.1. The van der Waals surface area contributed by atoms with E-state index < -0.39 is 5.97 Å². The predicted molar refractivity (Wildman–Crippen MR) is 123 cm³/mol. The van der Waals surface area contributed by atoms with Crippen LogP contribution in [0.15, 0.2) is 48.0 Å². The molecular formula is C28H28NO3-. The molecule has 1 heterocycles. The first-order chi connectivity index (χ1) is 15.6. The standard InChI is InChI=1S/C28H29NO3/c30-27(31)14-13-24(22-11-9-18-5-1-3-7-20(18)15-22)25-17-26(29-28(25)32)23-12-10-19-6-2-4-8-21(19)16-23/h9-12,15-17H,1-8,13-14H2,(H,29,32)(H,30,31)/p-1/b25-24-. The summed E-state index contributed by atoms with van der Waals surface area (Å²) in [5.74, 6) is -1.26. The minimum atomic E-state index is -1.10. The van der Waals surface area contributed by atoms with E-state index in [0.717, 1.165) is 48.1 Å². The van der Waals surface area contributed by atoms with Gasteiger partial charge in [0.15, 0.2) is 0 Å². The predicted octanol–water partition coefficient (Wildman–Crippen LogP) is 3.90. The van der Waals surface area contributed by atoms with Crippen LogP contribution in [0.25, 0.3) is 11.3 Å². The molecule has 32 heavy (non-hydrogen) atoms. The summed E-state index contributed by atoms with van der Waals surface area (Å²) in [4.78, 5) is 24.2. The highest BCUT2D eigenvalue weighted by atomic mass is 16.4. The number of hydrogen-bond acceptors (Lipinski definition) is 3. The topological polar surface area (TPSA) is 69.2 Å². The van der Waals surface area contributed by atoms with Gasteiger partial charge in [0.25, 0.3) is 5.91 Å². The molecule has 0 radical (unpaired) electrons. The zero-order valence-electron chi connectivity index (χ0n) is 18.3. The quantitative estimate of drug-likeness (QED) is 0.738. The summed E-state index contributed by atoms with van der Waals surface area (Å²) in [7, 11) is 0. The Bertz CT molecular complexity index is 1160. The highest BCUT2D eigenvalue weighted by Crippen LogP contribution is 2.34. The Morgan fingerprint density at radius 2 is 1.44 bits per heavy atom. The van der Waals surface area contributed by atoms with Crippen LogP contribution in [0.2, 0.25) is 0 Å². The molecule has 5 rings (SSSR count). The lowest BCUT2D eigenvalue weighted by Gasteiger charge is -2.18. The Morgan fingerprint density at radius 3 is 2.12 bits per heavy atom. The third-order valence-corrected chi connectivity index (χ3v) is 7.04. The molecule has 1 N–H and O–H groups in total. The first-order valence-electron chi connectivity index (χ1n) is 11.8. The van der Waals surface area contributed by atoms with Crippen LogP contribution in [0, 0.1) is 0 Å². The Labute approximate surface area is 189 Å². The molecule has 0 atom stereocenters. The summed E-state index contributed by atoms with van der Waals surface area (Å²) in [6.45, 7) is 0. The van der Waals surface area contributed by atoms with E-state index in [1.165, 1.54) is 47.9 Å². The van der Waals surface area contributed by atoms with Crippen LogP contribution < -0.4 is 10.4 Å². The van der Waals surface area contributed by atoms with Crippen LogP contribution in [0.1, 0.15) is 71.9 Å². The Hall–Kier alpha value is -3.14. The SMILES string of the molecule is O=C([O-])CC/C(=C1\C=C(c2ccc3c(c2)CCCC3)NC1=O)c1ccc2c(c1)CCCC2. The molecule has 3 aliphatic rings. The highest BCUT2D eigenvalue weighted by Gasteiger charge is 2.24. The second kappa shape index (κ2) is 8.78. The summed E-state index contributed by atoms with van der Waals surface area (Å²) in [6, 6.07) is 12.8. The smallest absolute Gasteiger partial charge is 0.256 e. The Balaban J connectivity index is 1.55. The number of hydrogen-bond donors (Lipinski definition) is 1. The number of fused-ring (bicyclic) bond motifs is 2. The van der Waals surface area contributed by atoms with Crippen molar-refractivity contribution in [2.24, 2.45) is 0 Å². The number of nitrogens with one attached hydrogen (secondary N) is 1. The molecule has 164 valence electrons. The summed E-state index contributed by atoms with van der Waals surface area (Å²) in [5, 5.41) is 14.3. The van der Waals surface area contributed by atoms with Crippen LogP contribution in [0.3, 0.4) is 0 Å². The van der Waals surface area contributed by atoms with Gasteiger partial charge in [0.05, 0.1) is 0 Å². The molecule has 0 spiro atoms. The number of carbonyl (C=O) groups is 2. The van der Waals surface area contributed by atoms with Crippen molar-refractivity contribution in [3.8, 4) is 0 Å². The van der Waals surface area contributed by atoms with Crippen molar-refractivity contribution in [3.63, 3.8) is 0 Å². The zero-order valence-corrected chi connectivity index (χ0v) is 18.3. The summed E-state index contributed by atoms with van der Waals surface area (Å²) in [6.07, 6.45) is 11.2. The normalized spacial score (nSPS) is 19.0. The monoisotopic (exact) mass is 426 g/mol. The lowest BCUT2D eigenvalue weighted by Crippen LogP contribution is -2.22.